The van der Waals surface area contributed by atoms with Gasteiger partial charge in [-0.25, -0.2) is 9.97 Å². The van der Waals surface area contributed by atoms with Crippen LogP contribution in [-0.4, -0.2) is 40.5 Å². The molecule has 1 saturated heterocycles. The van der Waals surface area contributed by atoms with Gasteiger partial charge in [0.15, 0.2) is 0 Å². The molecule has 112 valence electrons. The summed E-state index contributed by atoms with van der Waals surface area (Å²) < 4.78 is 0. The molecule has 1 aromatic heterocycles. The number of benzene rings is 1. The van der Waals surface area contributed by atoms with Gasteiger partial charge in [-0.2, -0.15) is 0 Å². The van der Waals surface area contributed by atoms with Gasteiger partial charge in [-0.05, 0) is 38.1 Å². The summed E-state index contributed by atoms with van der Waals surface area (Å²) in [6, 6.07) is 8.51. The van der Waals surface area contributed by atoms with Crippen LogP contribution in [0.3, 0.4) is 0 Å². The first-order chi connectivity index (χ1) is 10.3. The van der Waals surface area contributed by atoms with Gasteiger partial charge in [0.2, 0.25) is 0 Å². The number of hydrogen-bond donors (Lipinski definition) is 2. The molecule has 0 aliphatic carbocycles. The van der Waals surface area contributed by atoms with Crippen LogP contribution in [0.4, 0.5) is 5.82 Å². The van der Waals surface area contributed by atoms with Gasteiger partial charge in [-0.1, -0.05) is 19.1 Å². The Kier molecular flexibility index (Phi) is 4.31. The molecule has 0 radical (unpaired) electrons. The fourth-order valence-corrected chi connectivity index (χ4v) is 3.03. The fourth-order valence-electron chi connectivity index (χ4n) is 3.03. The molecule has 1 unspecified atom stereocenters. The van der Waals surface area contributed by atoms with E-state index in [4.69, 9.17) is 5.73 Å². The summed E-state index contributed by atoms with van der Waals surface area (Å²) in [5.41, 5.74) is 7.01. The lowest BCUT2D eigenvalue weighted by atomic mass is 10.2. The molecular weight excluding hydrogens is 262 g/mol. The third-order valence-corrected chi connectivity index (χ3v) is 4.09. The first-order valence-electron chi connectivity index (χ1n) is 7.74. The molecule has 1 fully saturated rings. The lowest BCUT2D eigenvalue weighted by molar-refractivity contribution is 0.195. The molecule has 2 aromatic rings. The summed E-state index contributed by atoms with van der Waals surface area (Å²) in [6.45, 7) is 6.22. The topological polar surface area (TPSA) is 67.1 Å². The minimum absolute atomic E-state index is 0.580. The van der Waals surface area contributed by atoms with E-state index in [9.17, 15) is 0 Å². The summed E-state index contributed by atoms with van der Waals surface area (Å²) in [5, 5.41) is 4.37. The molecule has 21 heavy (non-hydrogen) atoms. The maximum absolute atomic E-state index is 6.08. The van der Waals surface area contributed by atoms with Gasteiger partial charge in [-0.15, -0.1) is 0 Å². The van der Waals surface area contributed by atoms with Crippen LogP contribution in [0.25, 0.3) is 10.9 Å². The minimum Gasteiger partial charge on any atom is -0.383 e. The van der Waals surface area contributed by atoms with Crippen molar-refractivity contribution < 1.29 is 0 Å². The monoisotopic (exact) mass is 285 g/mol. The second-order valence-corrected chi connectivity index (χ2v) is 5.66. The van der Waals surface area contributed by atoms with E-state index in [2.05, 4.69) is 27.1 Å². The summed E-state index contributed by atoms with van der Waals surface area (Å²) in [5.74, 6) is 1.41. The number of anilines is 1. The zero-order chi connectivity index (χ0) is 14.7. The molecule has 1 aromatic carbocycles. The largest absolute Gasteiger partial charge is 0.383 e. The van der Waals surface area contributed by atoms with Crippen LogP contribution in [0, 0.1) is 0 Å². The number of aromatic nitrogens is 2. The highest BCUT2D eigenvalue weighted by molar-refractivity contribution is 5.87. The van der Waals surface area contributed by atoms with Crippen molar-refractivity contribution in [2.75, 3.05) is 25.4 Å². The Labute approximate surface area is 125 Å². The van der Waals surface area contributed by atoms with Crippen molar-refractivity contribution in [1.29, 1.82) is 0 Å². The van der Waals surface area contributed by atoms with Crippen LogP contribution in [0.5, 0.6) is 0 Å². The number of rotatable bonds is 5. The van der Waals surface area contributed by atoms with E-state index in [1.807, 2.05) is 24.3 Å². The van der Waals surface area contributed by atoms with Gasteiger partial charge < -0.3 is 11.1 Å². The van der Waals surface area contributed by atoms with Gasteiger partial charge in [0.25, 0.3) is 0 Å². The highest BCUT2D eigenvalue weighted by atomic mass is 15.2. The van der Waals surface area contributed by atoms with Crippen molar-refractivity contribution in [3.8, 4) is 0 Å². The Morgan fingerprint density at radius 3 is 2.95 bits per heavy atom. The number of hydrogen-bond acceptors (Lipinski definition) is 5. The Morgan fingerprint density at radius 1 is 1.33 bits per heavy atom. The normalized spacial score (nSPS) is 18.7. The highest BCUT2D eigenvalue weighted by Gasteiger charge is 2.22. The van der Waals surface area contributed by atoms with Crippen molar-refractivity contribution in [2.24, 2.45) is 0 Å². The van der Waals surface area contributed by atoms with Crippen molar-refractivity contribution in [2.45, 2.75) is 32.4 Å². The maximum atomic E-state index is 6.08. The highest BCUT2D eigenvalue weighted by Crippen LogP contribution is 2.19. The third-order valence-electron chi connectivity index (χ3n) is 4.09. The molecule has 5 heteroatoms. The summed E-state index contributed by atoms with van der Waals surface area (Å²) >= 11 is 0. The van der Waals surface area contributed by atoms with Gasteiger partial charge in [-0.3, -0.25) is 4.90 Å². The maximum Gasteiger partial charge on any atom is 0.145 e. The van der Waals surface area contributed by atoms with Gasteiger partial charge in [0, 0.05) is 18.0 Å². The summed E-state index contributed by atoms with van der Waals surface area (Å²) in [7, 11) is 0. The average Bonchev–Trinajstić information content (AvgIpc) is 3.01. The predicted molar refractivity (Wildman–Crippen MR) is 85.9 cm³/mol. The van der Waals surface area contributed by atoms with E-state index in [1.54, 1.807) is 0 Å². The molecule has 0 saturated carbocycles. The molecule has 1 aliphatic rings. The number of fused-ring (bicyclic) bond motifs is 1. The number of nitrogens with two attached hydrogens (primary N) is 1. The Morgan fingerprint density at radius 2 is 2.19 bits per heavy atom. The minimum atomic E-state index is 0.580. The molecule has 3 rings (SSSR count). The SMILES string of the molecule is CCCN(Cc1nc(N)c2ccccc2n1)C1CCNC1. The van der Waals surface area contributed by atoms with Crippen molar-refractivity contribution in [3.05, 3.63) is 30.1 Å². The molecule has 2 heterocycles. The van der Waals surface area contributed by atoms with Crippen LogP contribution in [0.15, 0.2) is 24.3 Å². The van der Waals surface area contributed by atoms with Crippen molar-refractivity contribution >= 4 is 16.7 Å². The van der Waals surface area contributed by atoms with Gasteiger partial charge in [0.05, 0.1) is 12.1 Å². The van der Waals surface area contributed by atoms with Crippen LogP contribution in [-0.2, 0) is 6.54 Å². The van der Waals surface area contributed by atoms with E-state index in [0.29, 0.717) is 11.9 Å². The first kappa shape index (κ1) is 14.2. The summed E-state index contributed by atoms with van der Waals surface area (Å²) in [6.07, 6.45) is 2.34. The van der Waals surface area contributed by atoms with Crippen LogP contribution < -0.4 is 11.1 Å². The zero-order valence-electron chi connectivity index (χ0n) is 12.5. The molecule has 0 bridgehead atoms. The molecule has 1 aliphatic heterocycles. The fraction of sp³-hybridized carbons (Fsp3) is 0.500. The van der Waals surface area contributed by atoms with Gasteiger partial charge >= 0.3 is 0 Å². The number of nitrogens with one attached hydrogen (secondary N) is 1. The zero-order valence-corrected chi connectivity index (χ0v) is 12.5. The van der Waals surface area contributed by atoms with Crippen molar-refractivity contribution in [3.63, 3.8) is 0 Å². The first-order valence-corrected chi connectivity index (χ1v) is 7.74. The van der Waals surface area contributed by atoms with Crippen LogP contribution in [0.2, 0.25) is 0 Å². The summed E-state index contributed by atoms with van der Waals surface area (Å²) in [4.78, 5) is 11.7. The van der Waals surface area contributed by atoms with Crippen LogP contribution in [0.1, 0.15) is 25.6 Å². The lowest BCUT2D eigenvalue weighted by Crippen LogP contribution is -2.37. The Hall–Kier alpha value is -1.72. The smallest absolute Gasteiger partial charge is 0.145 e. The average molecular weight is 285 g/mol. The standard InChI is InChI=1S/C16H23N5/c1-2-9-21(12-7-8-18-10-12)11-15-19-14-6-4-3-5-13(14)16(17)20-15/h3-6,12,18H,2,7-11H2,1H3,(H2,17,19,20). The second kappa shape index (κ2) is 6.37. The molecule has 5 nitrogen and oxygen atoms in total. The third kappa shape index (κ3) is 3.14. The van der Waals surface area contributed by atoms with E-state index < -0.39 is 0 Å². The molecule has 0 amide bonds. The molecular formula is C16H23N5. The number of nitrogens with zero attached hydrogens (tertiary/aromatic N) is 3. The lowest BCUT2D eigenvalue weighted by Gasteiger charge is -2.27. The van der Waals surface area contributed by atoms with Crippen molar-refractivity contribution in [1.82, 2.24) is 20.2 Å². The number of nitrogen functional groups attached to an aromatic ring is 1. The molecule has 1 atom stereocenters. The van der Waals surface area contributed by atoms with E-state index >= 15 is 0 Å². The van der Waals surface area contributed by atoms with E-state index in [0.717, 1.165) is 49.3 Å². The molecule has 3 N–H and O–H groups in total. The predicted octanol–water partition coefficient (Wildman–Crippen LogP) is 1.79. The second-order valence-electron chi connectivity index (χ2n) is 5.66. The Bertz CT molecular complexity index is 607. The van der Waals surface area contributed by atoms with E-state index in [-0.39, 0.29) is 0 Å². The quantitative estimate of drug-likeness (QED) is 0.876. The van der Waals surface area contributed by atoms with Gasteiger partial charge in [0.1, 0.15) is 11.6 Å². The number of para-hydroxylation sites is 1. The van der Waals surface area contributed by atoms with E-state index in [1.165, 1.54) is 6.42 Å². The Balaban J connectivity index is 1.84. The van der Waals surface area contributed by atoms with Crippen LogP contribution >= 0.6 is 0 Å². The molecule has 0 spiro atoms.